The summed E-state index contributed by atoms with van der Waals surface area (Å²) in [5.74, 6) is 0.456. The Balaban J connectivity index is 1.77. The van der Waals surface area contributed by atoms with Crippen LogP contribution in [-0.2, 0) is 14.3 Å². The van der Waals surface area contributed by atoms with Gasteiger partial charge in [0.2, 0.25) is 0 Å². The second kappa shape index (κ2) is 7.42. The van der Waals surface area contributed by atoms with Crippen LogP contribution in [-0.4, -0.2) is 23.5 Å². The fraction of sp³-hybridized carbons (Fsp3) is 0.133. The zero-order valence-corrected chi connectivity index (χ0v) is 12.5. The summed E-state index contributed by atoms with van der Waals surface area (Å²) in [6.07, 6.45) is 4.05. The van der Waals surface area contributed by atoms with Gasteiger partial charge >= 0.3 is 5.97 Å². The average molecular weight is 321 g/mol. The van der Waals surface area contributed by atoms with E-state index in [1.165, 1.54) is 18.3 Å². The Hall–Kier alpha value is -2.60. The van der Waals surface area contributed by atoms with Crippen LogP contribution in [0.5, 0.6) is 0 Å². The molecule has 1 amide bonds. The van der Waals surface area contributed by atoms with Gasteiger partial charge in [-0.2, -0.15) is 0 Å². The van der Waals surface area contributed by atoms with Crippen molar-refractivity contribution in [3.05, 3.63) is 53.1 Å². The molecule has 0 spiro atoms. The molecule has 0 atom stereocenters. The molecule has 2 aromatic rings. The van der Waals surface area contributed by atoms with Crippen molar-refractivity contribution >= 4 is 35.4 Å². The summed E-state index contributed by atoms with van der Waals surface area (Å²) in [6.45, 7) is 1.38. The number of nitrogens with one attached hydrogen (secondary N) is 1. The fourth-order valence-corrected chi connectivity index (χ4v) is 1.62. The zero-order chi connectivity index (χ0) is 15.9. The molecule has 0 saturated carbocycles. The monoisotopic (exact) mass is 320 g/mol. The molecule has 114 valence electrons. The van der Waals surface area contributed by atoms with Crippen LogP contribution in [0.1, 0.15) is 11.5 Å². The van der Waals surface area contributed by atoms with Crippen LogP contribution < -0.4 is 5.32 Å². The molecule has 6 nitrogen and oxygen atoms in total. The van der Waals surface area contributed by atoms with Crippen LogP contribution in [0.2, 0.25) is 5.02 Å². The number of furan rings is 1. The number of esters is 1. The van der Waals surface area contributed by atoms with E-state index >= 15 is 0 Å². The van der Waals surface area contributed by atoms with Gasteiger partial charge in [0.1, 0.15) is 17.3 Å². The fourth-order valence-electron chi connectivity index (χ4n) is 1.51. The van der Waals surface area contributed by atoms with Gasteiger partial charge in [-0.05, 0) is 37.3 Å². The van der Waals surface area contributed by atoms with Gasteiger partial charge in [-0.25, -0.2) is 9.78 Å². The van der Waals surface area contributed by atoms with Crippen LogP contribution in [0.15, 0.2) is 41.0 Å². The number of anilines is 1. The van der Waals surface area contributed by atoms with Gasteiger partial charge in [0.05, 0.1) is 5.02 Å². The first-order chi connectivity index (χ1) is 10.5. The van der Waals surface area contributed by atoms with Gasteiger partial charge in [0.15, 0.2) is 6.61 Å². The molecule has 0 fully saturated rings. The molecule has 0 aliphatic rings. The van der Waals surface area contributed by atoms with Crippen LogP contribution in [0.3, 0.4) is 0 Å². The minimum absolute atomic E-state index is 0.326. The third-order valence-corrected chi connectivity index (χ3v) is 2.71. The van der Waals surface area contributed by atoms with E-state index in [2.05, 4.69) is 10.3 Å². The van der Waals surface area contributed by atoms with Crippen LogP contribution in [0.25, 0.3) is 6.08 Å². The number of rotatable bonds is 5. The lowest BCUT2D eigenvalue weighted by molar-refractivity contribution is -0.142. The molecule has 22 heavy (non-hydrogen) atoms. The van der Waals surface area contributed by atoms with E-state index in [1.807, 2.05) is 0 Å². The normalized spacial score (nSPS) is 10.6. The number of carbonyl (C=O) groups excluding carboxylic acids is 2. The Morgan fingerprint density at radius 1 is 1.36 bits per heavy atom. The third-order valence-electron chi connectivity index (χ3n) is 2.49. The molecule has 0 unspecified atom stereocenters. The Bertz CT molecular complexity index is 692. The topological polar surface area (TPSA) is 81.4 Å². The Morgan fingerprint density at radius 3 is 2.82 bits per heavy atom. The summed E-state index contributed by atoms with van der Waals surface area (Å²) in [6, 6.07) is 6.63. The maximum Gasteiger partial charge on any atom is 0.331 e. The highest BCUT2D eigenvalue weighted by molar-refractivity contribution is 6.30. The lowest BCUT2D eigenvalue weighted by Crippen LogP contribution is -2.20. The van der Waals surface area contributed by atoms with Crippen molar-refractivity contribution < 1.29 is 18.7 Å². The summed E-state index contributed by atoms with van der Waals surface area (Å²) >= 11 is 5.68. The lowest BCUT2D eigenvalue weighted by atomic mass is 10.4. The molecule has 2 heterocycles. The number of hydrogen-bond donors (Lipinski definition) is 1. The molecule has 1 N–H and O–H groups in total. The number of aromatic nitrogens is 1. The van der Waals surface area contributed by atoms with E-state index in [0.29, 0.717) is 16.6 Å². The summed E-state index contributed by atoms with van der Waals surface area (Å²) in [5, 5.41) is 2.93. The highest BCUT2D eigenvalue weighted by Gasteiger charge is 2.06. The van der Waals surface area contributed by atoms with E-state index < -0.39 is 18.5 Å². The maximum atomic E-state index is 11.6. The summed E-state index contributed by atoms with van der Waals surface area (Å²) in [5.41, 5.74) is 0. The van der Waals surface area contributed by atoms with Crippen molar-refractivity contribution in [1.29, 1.82) is 0 Å². The minimum atomic E-state index is -0.645. The number of halogens is 1. The molecule has 7 heteroatoms. The van der Waals surface area contributed by atoms with Crippen molar-refractivity contribution in [1.82, 2.24) is 4.98 Å². The van der Waals surface area contributed by atoms with Gasteiger partial charge in [-0.15, -0.1) is 0 Å². The van der Waals surface area contributed by atoms with E-state index in [1.54, 1.807) is 31.2 Å². The SMILES string of the molecule is Cc1ccc(C=CC(=O)OCC(=O)Nc2ccc(Cl)cn2)o1. The molecule has 0 saturated heterocycles. The van der Waals surface area contributed by atoms with Crippen LogP contribution in [0, 0.1) is 6.92 Å². The molecule has 0 aromatic carbocycles. The highest BCUT2D eigenvalue weighted by Crippen LogP contribution is 2.09. The number of aryl methyl sites for hydroxylation is 1. The van der Waals surface area contributed by atoms with E-state index in [0.717, 1.165) is 5.76 Å². The first-order valence-corrected chi connectivity index (χ1v) is 6.73. The van der Waals surface area contributed by atoms with Gasteiger partial charge in [0, 0.05) is 12.3 Å². The van der Waals surface area contributed by atoms with Crippen LogP contribution >= 0.6 is 11.6 Å². The van der Waals surface area contributed by atoms with Crippen molar-refractivity contribution in [3.8, 4) is 0 Å². The Labute approximate surface area is 131 Å². The Kier molecular flexibility index (Phi) is 5.32. The number of hydrogen-bond acceptors (Lipinski definition) is 5. The molecular weight excluding hydrogens is 308 g/mol. The van der Waals surface area contributed by atoms with E-state index in [4.69, 9.17) is 20.8 Å². The average Bonchev–Trinajstić information content (AvgIpc) is 2.91. The molecular formula is C15H13ClN2O4. The second-order valence-corrected chi connectivity index (χ2v) is 4.74. The number of ether oxygens (including phenoxy) is 1. The first-order valence-electron chi connectivity index (χ1n) is 6.35. The van der Waals surface area contributed by atoms with Gasteiger partial charge < -0.3 is 14.5 Å². The number of amides is 1. The molecule has 0 aliphatic carbocycles. The number of carbonyl (C=O) groups is 2. The predicted molar refractivity (Wildman–Crippen MR) is 81.3 cm³/mol. The van der Waals surface area contributed by atoms with E-state index in [9.17, 15) is 9.59 Å². The van der Waals surface area contributed by atoms with E-state index in [-0.39, 0.29) is 0 Å². The zero-order valence-electron chi connectivity index (χ0n) is 11.7. The summed E-state index contributed by atoms with van der Waals surface area (Å²) < 4.78 is 10.1. The molecule has 0 radical (unpaired) electrons. The maximum absolute atomic E-state index is 11.6. The highest BCUT2D eigenvalue weighted by atomic mass is 35.5. The molecule has 2 aromatic heterocycles. The Morgan fingerprint density at radius 2 is 2.18 bits per heavy atom. The lowest BCUT2D eigenvalue weighted by Gasteiger charge is -2.04. The smallest absolute Gasteiger partial charge is 0.331 e. The summed E-state index contributed by atoms with van der Waals surface area (Å²) in [7, 11) is 0. The first kappa shape index (κ1) is 15.8. The standard InChI is InChI=1S/C15H13ClN2O4/c1-10-2-4-12(22-10)5-7-15(20)21-9-14(19)18-13-6-3-11(16)8-17-13/h2-8H,9H2,1H3,(H,17,18,19). The third kappa shape index (κ3) is 5.06. The number of pyridine rings is 1. The van der Waals surface area contributed by atoms with Crippen molar-refractivity contribution in [2.24, 2.45) is 0 Å². The largest absolute Gasteiger partial charge is 0.462 e. The van der Waals surface area contributed by atoms with Crippen LogP contribution in [0.4, 0.5) is 5.82 Å². The van der Waals surface area contributed by atoms with Crippen molar-refractivity contribution in [2.75, 3.05) is 11.9 Å². The van der Waals surface area contributed by atoms with Gasteiger partial charge in [-0.3, -0.25) is 4.79 Å². The van der Waals surface area contributed by atoms with Crippen molar-refractivity contribution in [3.63, 3.8) is 0 Å². The predicted octanol–water partition coefficient (Wildman–Crippen LogP) is 2.83. The van der Waals surface area contributed by atoms with Crippen molar-refractivity contribution in [2.45, 2.75) is 6.92 Å². The van der Waals surface area contributed by atoms with Gasteiger partial charge in [-0.1, -0.05) is 11.6 Å². The quantitative estimate of drug-likeness (QED) is 0.676. The van der Waals surface area contributed by atoms with Gasteiger partial charge in [0.25, 0.3) is 5.91 Å². The minimum Gasteiger partial charge on any atom is -0.462 e. The molecule has 0 aliphatic heterocycles. The second-order valence-electron chi connectivity index (χ2n) is 4.30. The number of nitrogens with zero attached hydrogens (tertiary/aromatic N) is 1. The molecule has 0 bridgehead atoms. The summed E-state index contributed by atoms with van der Waals surface area (Å²) in [4.78, 5) is 26.9. The molecule has 2 rings (SSSR count).